The second-order valence-electron chi connectivity index (χ2n) is 4.72. The third kappa shape index (κ3) is 2.93. The quantitative estimate of drug-likeness (QED) is 0.506. The van der Waals surface area contributed by atoms with Gasteiger partial charge in [-0.3, -0.25) is 9.78 Å². The van der Waals surface area contributed by atoms with Crippen LogP contribution in [0.15, 0.2) is 54.0 Å². The molecule has 23 heavy (non-hydrogen) atoms. The number of para-hydroxylation sites is 1. The van der Waals surface area contributed by atoms with E-state index in [9.17, 15) is 9.59 Å². The van der Waals surface area contributed by atoms with E-state index < -0.39 is 5.97 Å². The van der Waals surface area contributed by atoms with Crippen LogP contribution in [-0.4, -0.2) is 33.2 Å². The molecule has 114 valence electrons. The van der Waals surface area contributed by atoms with Gasteiger partial charge in [0.2, 0.25) is 0 Å². The molecule has 0 saturated heterocycles. The summed E-state index contributed by atoms with van der Waals surface area (Å²) in [6.07, 6.45) is 6.11. The SMILES string of the molecule is O=C(N/N=C/c1c[nH]c2c(C(=O)O)cccc12)c1cccnc1. The monoisotopic (exact) mass is 308 g/mol. The highest BCUT2D eigenvalue weighted by atomic mass is 16.4. The predicted octanol–water partition coefficient (Wildman–Crippen LogP) is 2.03. The number of hydrogen-bond donors (Lipinski definition) is 3. The van der Waals surface area contributed by atoms with Gasteiger partial charge in [-0.25, -0.2) is 10.2 Å². The van der Waals surface area contributed by atoms with E-state index in [2.05, 4.69) is 20.5 Å². The molecule has 0 atom stereocenters. The third-order valence-corrected chi connectivity index (χ3v) is 3.27. The van der Waals surface area contributed by atoms with E-state index in [0.29, 0.717) is 22.0 Å². The third-order valence-electron chi connectivity index (χ3n) is 3.27. The summed E-state index contributed by atoms with van der Waals surface area (Å²) >= 11 is 0. The zero-order valence-corrected chi connectivity index (χ0v) is 11.9. The lowest BCUT2D eigenvalue weighted by atomic mass is 10.1. The summed E-state index contributed by atoms with van der Waals surface area (Å²) < 4.78 is 0. The first kappa shape index (κ1) is 14.5. The van der Waals surface area contributed by atoms with Crippen molar-refractivity contribution in [2.24, 2.45) is 5.10 Å². The lowest BCUT2D eigenvalue weighted by Crippen LogP contribution is -2.17. The van der Waals surface area contributed by atoms with Crippen LogP contribution >= 0.6 is 0 Å². The molecule has 1 amide bonds. The van der Waals surface area contributed by atoms with E-state index in [1.165, 1.54) is 18.5 Å². The number of nitrogens with zero attached hydrogens (tertiary/aromatic N) is 2. The van der Waals surface area contributed by atoms with Crippen LogP contribution in [0.3, 0.4) is 0 Å². The Kier molecular flexibility index (Phi) is 3.84. The van der Waals surface area contributed by atoms with Gasteiger partial charge < -0.3 is 10.1 Å². The maximum atomic E-state index is 11.8. The molecule has 0 spiro atoms. The number of aromatic carboxylic acids is 1. The molecule has 3 aromatic rings. The Bertz CT molecular complexity index is 900. The Labute approximate surface area is 130 Å². The molecule has 0 radical (unpaired) electrons. The first-order chi connectivity index (χ1) is 11.2. The predicted molar refractivity (Wildman–Crippen MR) is 84.6 cm³/mol. The van der Waals surface area contributed by atoms with Crippen LogP contribution in [-0.2, 0) is 0 Å². The van der Waals surface area contributed by atoms with Crippen molar-refractivity contribution in [2.45, 2.75) is 0 Å². The lowest BCUT2D eigenvalue weighted by Gasteiger charge is -1.98. The van der Waals surface area contributed by atoms with Crippen LogP contribution in [0.4, 0.5) is 0 Å². The average molecular weight is 308 g/mol. The van der Waals surface area contributed by atoms with Crippen molar-refractivity contribution in [3.05, 3.63) is 65.6 Å². The molecule has 1 aromatic carbocycles. The number of benzene rings is 1. The van der Waals surface area contributed by atoms with Gasteiger partial charge in [-0.05, 0) is 18.2 Å². The number of H-pyrrole nitrogens is 1. The molecule has 2 aromatic heterocycles. The number of hydrogen-bond acceptors (Lipinski definition) is 4. The van der Waals surface area contributed by atoms with E-state index >= 15 is 0 Å². The van der Waals surface area contributed by atoms with E-state index in [0.717, 1.165) is 0 Å². The van der Waals surface area contributed by atoms with Gasteiger partial charge >= 0.3 is 5.97 Å². The molecule has 3 rings (SSSR count). The highest BCUT2D eigenvalue weighted by Crippen LogP contribution is 2.20. The molecule has 0 aliphatic heterocycles. The Hall–Kier alpha value is -3.48. The normalized spacial score (nSPS) is 11.0. The van der Waals surface area contributed by atoms with Crippen LogP contribution in [0.2, 0.25) is 0 Å². The highest BCUT2D eigenvalue weighted by molar-refractivity contribution is 6.07. The van der Waals surface area contributed by atoms with Gasteiger partial charge in [0, 0.05) is 29.5 Å². The first-order valence-electron chi connectivity index (χ1n) is 6.73. The Morgan fingerprint density at radius 1 is 1.26 bits per heavy atom. The fourth-order valence-electron chi connectivity index (χ4n) is 2.18. The minimum absolute atomic E-state index is 0.182. The topological polar surface area (TPSA) is 107 Å². The van der Waals surface area contributed by atoms with Crippen molar-refractivity contribution >= 4 is 29.0 Å². The van der Waals surface area contributed by atoms with Gasteiger partial charge in [-0.1, -0.05) is 12.1 Å². The largest absolute Gasteiger partial charge is 0.478 e. The maximum absolute atomic E-state index is 11.8. The molecule has 0 saturated carbocycles. The van der Waals surface area contributed by atoms with Gasteiger partial charge in [0.25, 0.3) is 5.91 Å². The summed E-state index contributed by atoms with van der Waals surface area (Å²) in [5.74, 6) is -1.38. The van der Waals surface area contributed by atoms with Crippen molar-refractivity contribution in [3.8, 4) is 0 Å². The minimum atomic E-state index is -1.01. The number of nitrogens with one attached hydrogen (secondary N) is 2. The van der Waals surface area contributed by atoms with Gasteiger partial charge in [-0.2, -0.15) is 5.10 Å². The second-order valence-corrected chi connectivity index (χ2v) is 4.72. The first-order valence-corrected chi connectivity index (χ1v) is 6.73. The van der Waals surface area contributed by atoms with Crippen molar-refractivity contribution < 1.29 is 14.7 Å². The number of carboxylic acid groups (broad SMARTS) is 1. The number of carbonyl (C=O) groups excluding carboxylic acids is 1. The average Bonchev–Trinajstić information content (AvgIpc) is 2.98. The molecule has 7 heteroatoms. The number of aromatic amines is 1. The molecule has 0 aliphatic rings. The summed E-state index contributed by atoms with van der Waals surface area (Å²) in [6, 6.07) is 8.24. The standard InChI is InChI=1S/C16H12N4O3/c21-15(10-3-2-6-17-7-10)20-19-9-11-8-18-14-12(11)4-1-5-13(14)16(22)23/h1-9,18H,(H,20,21)(H,22,23)/b19-9+. The molecular formula is C16H12N4O3. The van der Waals surface area contributed by atoms with Crippen molar-refractivity contribution in [1.29, 1.82) is 0 Å². The molecular weight excluding hydrogens is 296 g/mol. The number of amides is 1. The lowest BCUT2D eigenvalue weighted by molar-refractivity contribution is 0.0698. The summed E-state index contributed by atoms with van der Waals surface area (Å²) in [6.45, 7) is 0. The van der Waals surface area contributed by atoms with Gasteiger partial charge in [0.15, 0.2) is 0 Å². The molecule has 2 heterocycles. The molecule has 7 nitrogen and oxygen atoms in total. The number of rotatable bonds is 4. The number of aromatic nitrogens is 2. The van der Waals surface area contributed by atoms with Gasteiger partial charge in [-0.15, -0.1) is 0 Å². The van der Waals surface area contributed by atoms with E-state index in [1.807, 2.05) is 0 Å². The fraction of sp³-hybridized carbons (Fsp3) is 0. The smallest absolute Gasteiger partial charge is 0.337 e. The van der Waals surface area contributed by atoms with Crippen LogP contribution < -0.4 is 5.43 Å². The summed E-state index contributed by atoms with van der Waals surface area (Å²) in [5, 5.41) is 13.8. The Morgan fingerprint density at radius 3 is 2.87 bits per heavy atom. The number of fused-ring (bicyclic) bond motifs is 1. The number of hydrazone groups is 1. The minimum Gasteiger partial charge on any atom is -0.478 e. The van der Waals surface area contributed by atoms with E-state index in [1.54, 1.807) is 36.7 Å². The van der Waals surface area contributed by atoms with Gasteiger partial charge in [0.05, 0.1) is 22.9 Å². The fourth-order valence-corrected chi connectivity index (χ4v) is 2.18. The van der Waals surface area contributed by atoms with Crippen LogP contribution in [0, 0.1) is 0 Å². The number of carbonyl (C=O) groups is 2. The Balaban J connectivity index is 1.81. The Morgan fingerprint density at radius 2 is 2.13 bits per heavy atom. The zero-order chi connectivity index (χ0) is 16.2. The van der Waals surface area contributed by atoms with Crippen molar-refractivity contribution in [3.63, 3.8) is 0 Å². The zero-order valence-electron chi connectivity index (χ0n) is 11.9. The molecule has 3 N–H and O–H groups in total. The molecule has 0 aliphatic carbocycles. The van der Waals surface area contributed by atoms with E-state index in [-0.39, 0.29) is 11.5 Å². The van der Waals surface area contributed by atoms with Gasteiger partial charge in [0.1, 0.15) is 0 Å². The summed E-state index contributed by atoms with van der Waals surface area (Å²) in [7, 11) is 0. The van der Waals surface area contributed by atoms with Crippen LogP contribution in [0.5, 0.6) is 0 Å². The number of pyridine rings is 1. The summed E-state index contributed by atoms with van der Waals surface area (Å²) in [5.41, 5.74) is 4.17. The van der Waals surface area contributed by atoms with Crippen molar-refractivity contribution in [2.75, 3.05) is 0 Å². The molecule has 0 fully saturated rings. The van der Waals surface area contributed by atoms with Crippen molar-refractivity contribution in [1.82, 2.24) is 15.4 Å². The number of carboxylic acids is 1. The van der Waals surface area contributed by atoms with E-state index in [4.69, 9.17) is 5.11 Å². The molecule has 0 bridgehead atoms. The second kappa shape index (κ2) is 6.10. The van der Waals surface area contributed by atoms with Crippen LogP contribution in [0.25, 0.3) is 10.9 Å². The maximum Gasteiger partial charge on any atom is 0.337 e. The highest BCUT2D eigenvalue weighted by Gasteiger charge is 2.11. The van der Waals surface area contributed by atoms with Crippen LogP contribution in [0.1, 0.15) is 26.3 Å². The summed E-state index contributed by atoms with van der Waals surface area (Å²) in [4.78, 5) is 29.8. The molecule has 0 unspecified atom stereocenters.